The van der Waals surface area contributed by atoms with Gasteiger partial charge in [-0.1, -0.05) is 54.1 Å². The molecule has 0 bridgehead atoms. The van der Waals surface area contributed by atoms with E-state index in [1.807, 2.05) is 53.4 Å². The molecule has 36 heavy (non-hydrogen) atoms. The molecule has 8 heteroatoms. The minimum Gasteiger partial charge on any atom is -0.454 e. The summed E-state index contributed by atoms with van der Waals surface area (Å²) in [6.07, 6.45) is 1.29. The van der Waals surface area contributed by atoms with E-state index < -0.39 is 0 Å². The van der Waals surface area contributed by atoms with E-state index in [4.69, 9.17) is 21.1 Å². The highest BCUT2D eigenvalue weighted by molar-refractivity contribution is 8.00. The van der Waals surface area contributed by atoms with E-state index in [1.165, 1.54) is 0 Å². The number of halogens is 1. The second kappa shape index (κ2) is 11.3. The van der Waals surface area contributed by atoms with E-state index in [1.54, 1.807) is 23.9 Å². The van der Waals surface area contributed by atoms with Crippen LogP contribution in [0.4, 0.5) is 5.69 Å². The second-order valence-electron chi connectivity index (χ2n) is 8.87. The molecular formula is C28H27ClN2O4S. The quantitative estimate of drug-likeness (QED) is 0.427. The molecule has 1 saturated heterocycles. The second-order valence-corrected chi connectivity index (χ2v) is 10.4. The van der Waals surface area contributed by atoms with Gasteiger partial charge in [0.15, 0.2) is 11.5 Å². The summed E-state index contributed by atoms with van der Waals surface area (Å²) in [5.41, 5.74) is 2.95. The lowest BCUT2D eigenvalue weighted by Crippen LogP contribution is -2.42. The highest BCUT2D eigenvalue weighted by Gasteiger charge is 2.28. The van der Waals surface area contributed by atoms with Crippen molar-refractivity contribution in [3.8, 4) is 11.5 Å². The zero-order chi connectivity index (χ0) is 24.9. The summed E-state index contributed by atoms with van der Waals surface area (Å²) in [7, 11) is 0. The number of fused-ring (bicyclic) bond motifs is 1. The number of rotatable bonds is 7. The fraction of sp³-hybridized carbons (Fsp3) is 0.286. The normalized spacial score (nSPS) is 16.0. The lowest BCUT2D eigenvalue weighted by Gasteiger charge is -2.31. The minimum atomic E-state index is -0.127. The van der Waals surface area contributed by atoms with Crippen molar-refractivity contribution in [3.63, 3.8) is 0 Å². The van der Waals surface area contributed by atoms with Gasteiger partial charge < -0.3 is 19.7 Å². The van der Waals surface area contributed by atoms with Crippen molar-refractivity contribution in [2.75, 3.05) is 31.0 Å². The van der Waals surface area contributed by atoms with Gasteiger partial charge >= 0.3 is 0 Å². The van der Waals surface area contributed by atoms with Gasteiger partial charge in [-0.05, 0) is 48.2 Å². The summed E-state index contributed by atoms with van der Waals surface area (Å²) in [5, 5.41) is 3.71. The molecule has 1 N–H and O–H groups in total. The van der Waals surface area contributed by atoms with Crippen LogP contribution in [0.25, 0.3) is 0 Å². The maximum absolute atomic E-state index is 13.1. The third-order valence-electron chi connectivity index (χ3n) is 6.51. The number of hydrogen-bond donors (Lipinski definition) is 1. The molecule has 6 nitrogen and oxygen atoms in total. The number of hydrogen-bond acceptors (Lipinski definition) is 5. The van der Waals surface area contributed by atoms with Gasteiger partial charge in [0, 0.05) is 35.8 Å². The monoisotopic (exact) mass is 522 g/mol. The van der Waals surface area contributed by atoms with Crippen LogP contribution >= 0.6 is 23.4 Å². The number of nitrogens with zero attached hydrogens (tertiary/aromatic N) is 1. The van der Waals surface area contributed by atoms with Gasteiger partial charge in [0.25, 0.3) is 0 Å². The standard InChI is InChI=1S/C28H27ClN2O4S/c29-22-8-6-20(7-9-22)27(19-4-2-1-3-5-19)36-17-26(32)31-14-12-21(13-15-31)28(33)30-23-10-11-24-25(16-23)35-18-34-24/h1-11,16,21,27H,12-15,17-18H2,(H,30,33). The fourth-order valence-electron chi connectivity index (χ4n) is 4.51. The Labute approximate surface area is 219 Å². The first kappa shape index (κ1) is 24.5. The lowest BCUT2D eigenvalue weighted by molar-refractivity contribution is -0.132. The third kappa shape index (κ3) is 5.79. The van der Waals surface area contributed by atoms with E-state index >= 15 is 0 Å². The number of thioether (sulfide) groups is 1. The summed E-state index contributed by atoms with van der Waals surface area (Å²) in [6.45, 7) is 1.36. The molecule has 2 aliphatic rings. The molecule has 0 aromatic heterocycles. The fourth-order valence-corrected chi connectivity index (χ4v) is 5.82. The topological polar surface area (TPSA) is 67.9 Å². The maximum atomic E-state index is 13.1. The zero-order valence-electron chi connectivity index (χ0n) is 19.7. The predicted molar refractivity (Wildman–Crippen MR) is 143 cm³/mol. The van der Waals surface area contributed by atoms with Crippen molar-refractivity contribution >= 4 is 40.9 Å². The van der Waals surface area contributed by atoms with Crippen LogP contribution in [0.5, 0.6) is 11.5 Å². The van der Waals surface area contributed by atoms with E-state index in [9.17, 15) is 9.59 Å². The molecule has 2 heterocycles. The molecule has 0 radical (unpaired) electrons. The van der Waals surface area contributed by atoms with Crippen molar-refractivity contribution in [1.29, 1.82) is 0 Å². The molecule has 5 rings (SSSR count). The van der Waals surface area contributed by atoms with Gasteiger partial charge in [-0.2, -0.15) is 0 Å². The average molecular weight is 523 g/mol. The number of anilines is 1. The number of ether oxygens (including phenoxy) is 2. The molecule has 1 unspecified atom stereocenters. The van der Waals surface area contributed by atoms with Crippen molar-refractivity contribution in [2.24, 2.45) is 5.92 Å². The Morgan fingerprint density at radius 1 is 0.944 bits per heavy atom. The van der Waals surface area contributed by atoms with Gasteiger partial charge in [0.2, 0.25) is 18.6 Å². The highest BCUT2D eigenvalue weighted by atomic mass is 35.5. The van der Waals surface area contributed by atoms with E-state index in [0.717, 1.165) is 11.1 Å². The van der Waals surface area contributed by atoms with Gasteiger partial charge in [0.1, 0.15) is 0 Å². The number of carbonyl (C=O) groups is 2. The summed E-state index contributed by atoms with van der Waals surface area (Å²) in [6, 6.07) is 23.4. The molecule has 0 aliphatic carbocycles. The summed E-state index contributed by atoms with van der Waals surface area (Å²) < 4.78 is 10.7. The minimum absolute atomic E-state index is 0.0257. The SMILES string of the molecule is O=C(Nc1ccc2c(c1)OCO2)C1CCN(C(=O)CSC(c2ccccc2)c2ccc(Cl)cc2)CC1. The van der Waals surface area contributed by atoms with E-state index in [0.29, 0.717) is 53.9 Å². The van der Waals surface area contributed by atoms with Crippen molar-refractivity contribution < 1.29 is 19.1 Å². The Hall–Kier alpha value is -3.16. The van der Waals surface area contributed by atoms with Crippen LogP contribution in [-0.4, -0.2) is 42.3 Å². The Balaban J connectivity index is 1.14. The van der Waals surface area contributed by atoms with Gasteiger partial charge in [-0.3, -0.25) is 9.59 Å². The van der Waals surface area contributed by atoms with Crippen LogP contribution in [0.2, 0.25) is 5.02 Å². The molecule has 1 fully saturated rings. The van der Waals surface area contributed by atoms with Crippen LogP contribution in [-0.2, 0) is 9.59 Å². The molecule has 0 saturated carbocycles. The summed E-state index contributed by atoms with van der Waals surface area (Å²) in [4.78, 5) is 27.7. The molecule has 2 amide bonds. The largest absolute Gasteiger partial charge is 0.454 e. The first-order valence-electron chi connectivity index (χ1n) is 12.0. The van der Waals surface area contributed by atoms with Gasteiger partial charge in [0.05, 0.1) is 11.0 Å². The van der Waals surface area contributed by atoms with Crippen LogP contribution in [0.1, 0.15) is 29.2 Å². The highest BCUT2D eigenvalue weighted by Crippen LogP contribution is 2.37. The van der Waals surface area contributed by atoms with Crippen LogP contribution in [0, 0.1) is 5.92 Å². The average Bonchev–Trinajstić information content (AvgIpc) is 3.38. The molecule has 1 atom stereocenters. The Kier molecular flexibility index (Phi) is 7.68. The predicted octanol–water partition coefficient (Wildman–Crippen LogP) is 5.77. The summed E-state index contributed by atoms with van der Waals surface area (Å²) in [5.74, 6) is 1.64. The van der Waals surface area contributed by atoms with Crippen LogP contribution < -0.4 is 14.8 Å². The van der Waals surface area contributed by atoms with Crippen molar-refractivity contribution in [1.82, 2.24) is 4.90 Å². The number of amides is 2. The third-order valence-corrected chi connectivity index (χ3v) is 8.05. The van der Waals surface area contributed by atoms with Gasteiger partial charge in [-0.25, -0.2) is 0 Å². The first-order valence-corrected chi connectivity index (χ1v) is 13.4. The number of piperidine rings is 1. The molecule has 2 aliphatic heterocycles. The first-order chi connectivity index (χ1) is 17.6. The molecule has 0 spiro atoms. The van der Waals surface area contributed by atoms with E-state index in [-0.39, 0.29) is 29.8 Å². The molecule has 3 aromatic carbocycles. The zero-order valence-corrected chi connectivity index (χ0v) is 21.3. The van der Waals surface area contributed by atoms with Crippen molar-refractivity contribution in [3.05, 3.63) is 88.9 Å². The van der Waals surface area contributed by atoms with Gasteiger partial charge in [-0.15, -0.1) is 11.8 Å². The maximum Gasteiger partial charge on any atom is 0.232 e. The van der Waals surface area contributed by atoms with E-state index in [2.05, 4.69) is 17.4 Å². The van der Waals surface area contributed by atoms with Crippen LogP contribution in [0.15, 0.2) is 72.8 Å². The number of nitrogens with one attached hydrogen (secondary N) is 1. The van der Waals surface area contributed by atoms with Crippen molar-refractivity contribution in [2.45, 2.75) is 18.1 Å². The molecule has 3 aromatic rings. The smallest absolute Gasteiger partial charge is 0.232 e. The number of benzene rings is 3. The van der Waals surface area contributed by atoms with Crippen LogP contribution in [0.3, 0.4) is 0 Å². The Morgan fingerprint density at radius 2 is 1.64 bits per heavy atom. The summed E-state index contributed by atoms with van der Waals surface area (Å²) >= 11 is 7.70. The number of likely N-dealkylation sites (tertiary alicyclic amines) is 1. The Bertz CT molecular complexity index is 1210. The molecular weight excluding hydrogens is 496 g/mol. The number of carbonyl (C=O) groups excluding carboxylic acids is 2. The Morgan fingerprint density at radius 3 is 2.39 bits per heavy atom. The lowest BCUT2D eigenvalue weighted by atomic mass is 9.96. The molecule has 186 valence electrons.